The predicted octanol–water partition coefficient (Wildman–Crippen LogP) is 2.38. The van der Waals surface area contributed by atoms with Gasteiger partial charge in [-0.25, -0.2) is 15.8 Å². The second kappa shape index (κ2) is 6.66. The van der Waals surface area contributed by atoms with Gasteiger partial charge in [-0.3, -0.25) is 5.01 Å². The van der Waals surface area contributed by atoms with Crippen molar-refractivity contribution >= 4 is 11.4 Å². The molecule has 0 atom stereocenters. The van der Waals surface area contributed by atoms with Crippen LogP contribution in [0.5, 0.6) is 0 Å². The summed E-state index contributed by atoms with van der Waals surface area (Å²) in [6.45, 7) is 11.1. The third kappa shape index (κ3) is 4.43. The Labute approximate surface area is 137 Å². The van der Waals surface area contributed by atoms with Crippen molar-refractivity contribution in [1.29, 1.82) is 0 Å². The Balaban J connectivity index is 2.36. The van der Waals surface area contributed by atoms with Crippen molar-refractivity contribution in [2.24, 2.45) is 17.0 Å². The van der Waals surface area contributed by atoms with E-state index in [0.717, 1.165) is 17.9 Å². The van der Waals surface area contributed by atoms with Gasteiger partial charge in [0.25, 0.3) is 0 Å². The largest absolute Gasteiger partial charge is 0.399 e. The first-order valence-electron chi connectivity index (χ1n) is 7.43. The van der Waals surface area contributed by atoms with E-state index in [0.29, 0.717) is 17.2 Å². The van der Waals surface area contributed by atoms with Gasteiger partial charge >= 0.3 is 0 Å². The molecule has 0 bridgehead atoms. The van der Waals surface area contributed by atoms with Gasteiger partial charge in [-0.15, -0.1) is 0 Å². The third-order valence-corrected chi connectivity index (χ3v) is 3.19. The van der Waals surface area contributed by atoms with Gasteiger partial charge in [-0.2, -0.15) is 0 Å². The first kappa shape index (κ1) is 16.8. The molecule has 0 fully saturated rings. The lowest BCUT2D eigenvalue weighted by molar-refractivity contribution is 0.442. The Morgan fingerprint density at radius 3 is 2.83 bits per heavy atom. The Bertz CT molecular complexity index is 679. The SMILES string of the molecule is C=C/C(=C1/C=C(N)C=CN1N)c1nccc(NCC(C)(C)C)n1. The van der Waals surface area contributed by atoms with Gasteiger partial charge in [-0.1, -0.05) is 33.4 Å². The molecule has 0 saturated heterocycles. The molecule has 1 aliphatic rings. The molecular weight excluding hydrogens is 288 g/mol. The first-order valence-corrected chi connectivity index (χ1v) is 7.43. The molecule has 6 nitrogen and oxygen atoms in total. The van der Waals surface area contributed by atoms with Crippen LogP contribution >= 0.6 is 0 Å². The average molecular weight is 312 g/mol. The van der Waals surface area contributed by atoms with Crippen LogP contribution in [0.1, 0.15) is 26.6 Å². The Hall–Kier alpha value is -2.60. The number of aromatic nitrogens is 2. The fourth-order valence-corrected chi connectivity index (χ4v) is 2.00. The van der Waals surface area contributed by atoms with Gasteiger partial charge in [0.15, 0.2) is 5.82 Å². The number of hydrogen-bond acceptors (Lipinski definition) is 6. The van der Waals surface area contributed by atoms with Crippen molar-refractivity contribution in [3.63, 3.8) is 0 Å². The van der Waals surface area contributed by atoms with Gasteiger partial charge in [0.2, 0.25) is 0 Å². The zero-order valence-corrected chi connectivity index (χ0v) is 13.9. The fourth-order valence-electron chi connectivity index (χ4n) is 2.00. The van der Waals surface area contributed by atoms with E-state index in [9.17, 15) is 0 Å². The monoisotopic (exact) mass is 312 g/mol. The molecule has 2 rings (SSSR count). The lowest BCUT2D eigenvalue weighted by atomic mass is 9.97. The van der Waals surface area contributed by atoms with E-state index in [2.05, 4.69) is 42.6 Å². The van der Waals surface area contributed by atoms with E-state index in [1.807, 2.05) is 6.07 Å². The summed E-state index contributed by atoms with van der Waals surface area (Å²) in [4.78, 5) is 8.89. The maximum atomic E-state index is 5.98. The van der Waals surface area contributed by atoms with Crippen LogP contribution in [0.2, 0.25) is 0 Å². The van der Waals surface area contributed by atoms with Crippen LogP contribution in [0.4, 0.5) is 5.82 Å². The lowest BCUT2D eigenvalue weighted by Crippen LogP contribution is -2.27. The topological polar surface area (TPSA) is 93.1 Å². The molecule has 0 aliphatic carbocycles. The molecule has 0 amide bonds. The maximum Gasteiger partial charge on any atom is 0.163 e. The second-order valence-corrected chi connectivity index (χ2v) is 6.55. The molecule has 0 radical (unpaired) electrons. The molecule has 0 spiro atoms. The van der Waals surface area contributed by atoms with Crippen molar-refractivity contribution in [3.8, 4) is 0 Å². The highest BCUT2D eigenvalue weighted by molar-refractivity contribution is 5.75. The van der Waals surface area contributed by atoms with E-state index in [1.54, 1.807) is 30.6 Å². The van der Waals surface area contributed by atoms with Gasteiger partial charge in [0.1, 0.15) is 5.82 Å². The summed E-state index contributed by atoms with van der Waals surface area (Å²) in [7, 11) is 0. The summed E-state index contributed by atoms with van der Waals surface area (Å²) >= 11 is 0. The molecule has 122 valence electrons. The van der Waals surface area contributed by atoms with Gasteiger partial charge in [-0.05, 0) is 23.6 Å². The summed E-state index contributed by atoms with van der Waals surface area (Å²) < 4.78 is 0. The number of hydrogen-bond donors (Lipinski definition) is 3. The summed E-state index contributed by atoms with van der Waals surface area (Å²) in [5.41, 5.74) is 8.05. The minimum absolute atomic E-state index is 0.157. The van der Waals surface area contributed by atoms with Crippen molar-refractivity contribution < 1.29 is 0 Å². The zero-order chi connectivity index (χ0) is 17.0. The molecule has 1 aromatic rings. The molecule has 1 aliphatic heterocycles. The van der Waals surface area contributed by atoms with Crippen molar-refractivity contribution in [2.45, 2.75) is 20.8 Å². The van der Waals surface area contributed by atoms with E-state index in [4.69, 9.17) is 11.6 Å². The van der Waals surface area contributed by atoms with E-state index < -0.39 is 0 Å². The van der Waals surface area contributed by atoms with Crippen LogP contribution in [0.15, 0.2) is 54.7 Å². The van der Waals surface area contributed by atoms with Gasteiger partial charge < -0.3 is 11.1 Å². The van der Waals surface area contributed by atoms with Crippen LogP contribution in [0, 0.1) is 5.41 Å². The zero-order valence-electron chi connectivity index (χ0n) is 13.9. The minimum atomic E-state index is 0.157. The molecule has 0 aromatic carbocycles. The Morgan fingerprint density at radius 1 is 1.43 bits per heavy atom. The minimum Gasteiger partial charge on any atom is -0.399 e. The number of rotatable bonds is 4. The lowest BCUT2D eigenvalue weighted by Gasteiger charge is -2.22. The number of allylic oxidation sites excluding steroid dienone is 4. The van der Waals surface area contributed by atoms with Crippen molar-refractivity contribution in [3.05, 3.63) is 60.5 Å². The van der Waals surface area contributed by atoms with Crippen molar-refractivity contribution in [1.82, 2.24) is 15.0 Å². The molecule has 0 saturated carbocycles. The van der Waals surface area contributed by atoms with Crippen LogP contribution < -0.4 is 16.9 Å². The fraction of sp³-hybridized carbons (Fsp3) is 0.294. The molecule has 2 heterocycles. The van der Waals surface area contributed by atoms with E-state index in [-0.39, 0.29) is 5.41 Å². The molecule has 23 heavy (non-hydrogen) atoms. The number of nitrogens with zero attached hydrogens (tertiary/aromatic N) is 3. The maximum absolute atomic E-state index is 5.98. The molecule has 1 aromatic heterocycles. The summed E-state index contributed by atoms with van der Waals surface area (Å²) in [6, 6.07) is 1.84. The molecule has 0 unspecified atom stereocenters. The van der Waals surface area contributed by atoms with Crippen LogP contribution in [0.3, 0.4) is 0 Å². The number of nitrogens with two attached hydrogens (primary N) is 2. The molecule has 5 N–H and O–H groups in total. The van der Waals surface area contributed by atoms with Crippen molar-refractivity contribution in [2.75, 3.05) is 11.9 Å². The van der Waals surface area contributed by atoms with Crippen LogP contribution in [0.25, 0.3) is 5.57 Å². The van der Waals surface area contributed by atoms with Gasteiger partial charge in [0.05, 0.1) is 5.70 Å². The highest BCUT2D eigenvalue weighted by atomic mass is 15.4. The van der Waals surface area contributed by atoms with Crippen LogP contribution in [-0.2, 0) is 0 Å². The highest BCUT2D eigenvalue weighted by Gasteiger charge is 2.15. The third-order valence-electron chi connectivity index (χ3n) is 3.19. The Morgan fingerprint density at radius 2 is 2.17 bits per heavy atom. The van der Waals surface area contributed by atoms with Gasteiger partial charge in [0, 0.05) is 30.2 Å². The normalized spacial score (nSPS) is 16.9. The number of nitrogens with one attached hydrogen (secondary N) is 1. The van der Waals surface area contributed by atoms with Crippen LogP contribution in [-0.4, -0.2) is 21.5 Å². The molecular formula is C17H24N6. The predicted molar refractivity (Wildman–Crippen MR) is 94.5 cm³/mol. The van der Waals surface area contributed by atoms with E-state index >= 15 is 0 Å². The summed E-state index contributed by atoms with van der Waals surface area (Å²) in [5, 5.41) is 4.80. The quantitative estimate of drug-likeness (QED) is 0.739. The standard InChI is InChI=1S/C17H24N6/c1-5-13(14-10-12(18)7-9-23(14)19)16-20-8-6-15(22-16)21-11-17(2,3)4/h5-10H,1,11,18-19H2,2-4H3,(H,20,21,22)/b14-13+. The second-order valence-electron chi connectivity index (χ2n) is 6.55. The van der Waals surface area contributed by atoms with E-state index in [1.165, 1.54) is 5.01 Å². The highest BCUT2D eigenvalue weighted by Crippen LogP contribution is 2.23. The summed E-state index contributed by atoms with van der Waals surface area (Å²) in [5.74, 6) is 7.28. The molecule has 6 heteroatoms. The number of hydrazine groups is 1. The smallest absolute Gasteiger partial charge is 0.163 e. The first-order chi connectivity index (χ1) is 10.8. The Kier molecular flexibility index (Phi) is 4.86. The number of anilines is 1. The average Bonchev–Trinajstić information content (AvgIpc) is 2.49. The summed E-state index contributed by atoms with van der Waals surface area (Å²) in [6.07, 6.45) is 8.59.